The molecule has 2 amide bonds. The van der Waals surface area contributed by atoms with Crippen molar-refractivity contribution in [2.75, 3.05) is 20.1 Å². The summed E-state index contributed by atoms with van der Waals surface area (Å²) < 4.78 is 28.8. The first-order valence-electron chi connectivity index (χ1n) is 12.1. The molecule has 5 rings (SSSR count). The fourth-order valence-electron chi connectivity index (χ4n) is 4.82. The molecule has 2 N–H and O–H groups in total. The molecule has 3 aromatic rings. The number of aromatic nitrogens is 2. The summed E-state index contributed by atoms with van der Waals surface area (Å²) in [5.74, 6) is -1.83. The van der Waals surface area contributed by atoms with Gasteiger partial charge in [0.05, 0.1) is 35.5 Å². The van der Waals surface area contributed by atoms with E-state index in [4.69, 9.17) is 0 Å². The van der Waals surface area contributed by atoms with Crippen LogP contribution in [-0.2, 0) is 24.2 Å². The van der Waals surface area contributed by atoms with Crippen LogP contribution in [0.25, 0.3) is 11.4 Å². The maximum Gasteiger partial charge on any atom is 0.255 e. The zero-order valence-electron chi connectivity index (χ0n) is 20.0. The number of fused-ring (bicyclic) bond motifs is 1. The van der Waals surface area contributed by atoms with Gasteiger partial charge in [-0.15, -0.1) is 0 Å². The molecule has 0 spiro atoms. The Morgan fingerprint density at radius 1 is 1.00 bits per heavy atom. The van der Waals surface area contributed by atoms with Gasteiger partial charge in [-0.2, -0.15) is 0 Å². The van der Waals surface area contributed by atoms with Gasteiger partial charge in [0, 0.05) is 19.5 Å². The summed E-state index contributed by atoms with van der Waals surface area (Å²) in [5, 5.41) is 6.02. The number of nitrogens with one attached hydrogen (secondary N) is 2. The standard InChI is InChI=1S/C27H27F2N5O2/c1-34(18-9-11-30-12-10-18)23(35)14-17-7-5-16(6-8-17)13-21-25-22(15-31-27(25)36)33-26(32-21)24-19(28)3-2-4-20(24)29/h2-8,18,30H,9-15H2,1H3,(H,31,36). The first kappa shape index (κ1) is 24.0. The van der Waals surface area contributed by atoms with Crippen LogP contribution in [0.15, 0.2) is 42.5 Å². The number of amides is 2. The van der Waals surface area contributed by atoms with Crippen molar-refractivity contribution in [3.63, 3.8) is 0 Å². The third-order valence-electron chi connectivity index (χ3n) is 6.89. The fraction of sp³-hybridized carbons (Fsp3) is 0.333. The van der Waals surface area contributed by atoms with E-state index in [1.54, 1.807) is 0 Å². The Bertz CT molecular complexity index is 1290. The van der Waals surface area contributed by atoms with Crippen molar-refractivity contribution >= 4 is 11.8 Å². The average Bonchev–Trinajstić information content (AvgIpc) is 3.26. The Kier molecular flexibility index (Phi) is 6.73. The minimum Gasteiger partial charge on any atom is -0.346 e. The number of piperidine rings is 1. The van der Waals surface area contributed by atoms with Gasteiger partial charge in [-0.3, -0.25) is 9.59 Å². The van der Waals surface area contributed by atoms with E-state index in [0.717, 1.165) is 49.2 Å². The molecule has 7 nitrogen and oxygen atoms in total. The molecule has 9 heteroatoms. The van der Waals surface area contributed by atoms with Gasteiger partial charge in [0.15, 0.2) is 5.82 Å². The zero-order valence-corrected chi connectivity index (χ0v) is 20.0. The number of carbonyl (C=O) groups is 2. The highest BCUT2D eigenvalue weighted by atomic mass is 19.1. The van der Waals surface area contributed by atoms with Crippen LogP contribution < -0.4 is 10.6 Å². The van der Waals surface area contributed by atoms with Crippen molar-refractivity contribution < 1.29 is 18.4 Å². The number of hydrogen-bond acceptors (Lipinski definition) is 5. The average molecular weight is 492 g/mol. The van der Waals surface area contributed by atoms with Crippen LogP contribution in [0.3, 0.4) is 0 Å². The number of benzene rings is 2. The van der Waals surface area contributed by atoms with Crippen LogP contribution >= 0.6 is 0 Å². The predicted molar refractivity (Wildman–Crippen MR) is 130 cm³/mol. The van der Waals surface area contributed by atoms with E-state index in [1.165, 1.54) is 6.07 Å². The highest BCUT2D eigenvalue weighted by Gasteiger charge is 2.28. The first-order chi connectivity index (χ1) is 17.4. The Balaban J connectivity index is 1.36. The van der Waals surface area contributed by atoms with Crippen molar-refractivity contribution in [2.24, 2.45) is 0 Å². The maximum atomic E-state index is 14.4. The molecule has 1 aromatic heterocycles. The summed E-state index contributed by atoms with van der Waals surface area (Å²) in [4.78, 5) is 35.7. The Labute approximate surface area is 208 Å². The van der Waals surface area contributed by atoms with Gasteiger partial charge < -0.3 is 15.5 Å². The Morgan fingerprint density at radius 2 is 1.67 bits per heavy atom. The molecule has 3 heterocycles. The highest BCUT2D eigenvalue weighted by molar-refractivity contribution is 5.99. The second-order valence-corrected chi connectivity index (χ2v) is 9.25. The molecule has 2 aliphatic rings. The van der Waals surface area contributed by atoms with Gasteiger partial charge >= 0.3 is 0 Å². The summed E-state index contributed by atoms with van der Waals surface area (Å²) in [7, 11) is 1.86. The van der Waals surface area contributed by atoms with Crippen LogP contribution in [0.5, 0.6) is 0 Å². The van der Waals surface area contributed by atoms with Crippen molar-refractivity contribution in [2.45, 2.75) is 38.3 Å². The number of carbonyl (C=O) groups excluding carboxylic acids is 2. The molecule has 0 radical (unpaired) electrons. The third kappa shape index (κ3) is 4.83. The summed E-state index contributed by atoms with van der Waals surface area (Å²) >= 11 is 0. The minimum atomic E-state index is -0.762. The molecule has 0 atom stereocenters. The van der Waals surface area contributed by atoms with Gasteiger partial charge in [-0.05, 0) is 49.2 Å². The number of halogens is 2. The van der Waals surface area contributed by atoms with Gasteiger partial charge in [0.2, 0.25) is 5.91 Å². The largest absolute Gasteiger partial charge is 0.346 e. The van der Waals surface area contributed by atoms with Gasteiger partial charge in [0.1, 0.15) is 11.6 Å². The van der Waals surface area contributed by atoms with E-state index in [2.05, 4.69) is 20.6 Å². The summed E-state index contributed by atoms with van der Waals surface area (Å²) in [5.41, 5.74) is 2.61. The lowest BCUT2D eigenvalue weighted by Crippen LogP contribution is -2.44. The van der Waals surface area contributed by atoms with Gasteiger partial charge in [0.25, 0.3) is 5.91 Å². The first-order valence-corrected chi connectivity index (χ1v) is 12.1. The molecular weight excluding hydrogens is 464 g/mol. The number of likely N-dealkylation sites (N-methyl/N-ethyl adjacent to an activating group) is 1. The lowest BCUT2D eigenvalue weighted by Gasteiger charge is -2.31. The van der Waals surface area contributed by atoms with Crippen LogP contribution in [-0.4, -0.2) is 52.9 Å². The zero-order chi connectivity index (χ0) is 25.2. The second-order valence-electron chi connectivity index (χ2n) is 9.25. The number of rotatable bonds is 6. The summed E-state index contributed by atoms with van der Waals surface area (Å²) in [6.07, 6.45) is 2.50. The van der Waals surface area contributed by atoms with E-state index in [9.17, 15) is 18.4 Å². The number of hydrogen-bond donors (Lipinski definition) is 2. The number of nitrogens with zero attached hydrogens (tertiary/aromatic N) is 3. The van der Waals surface area contributed by atoms with Crippen molar-refractivity contribution in [3.05, 3.63) is 82.2 Å². The fourth-order valence-corrected chi connectivity index (χ4v) is 4.82. The van der Waals surface area contributed by atoms with Crippen LogP contribution in [0, 0.1) is 11.6 Å². The molecular formula is C27H27F2N5O2. The van der Waals surface area contributed by atoms with Crippen molar-refractivity contribution in [1.82, 2.24) is 25.5 Å². The quantitative estimate of drug-likeness (QED) is 0.554. The molecule has 0 saturated carbocycles. The molecule has 0 bridgehead atoms. The summed E-state index contributed by atoms with van der Waals surface area (Å²) in [6, 6.07) is 11.4. The smallest absolute Gasteiger partial charge is 0.255 e. The monoisotopic (exact) mass is 491 g/mol. The van der Waals surface area contributed by atoms with E-state index in [1.807, 2.05) is 36.2 Å². The highest BCUT2D eigenvalue weighted by Crippen LogP contribution is 2.28. The van der Waals surface area contributed by atoms with E-state index < -0.39 is 11.6 Å². The summed E-state index contributed by atoms with van der Waals surface area (Å²) in [6.45, 7) is 2.03. The topological polar surface area (TPSA) is 87.2 Å². The molecule has 2 aromatic carbocycles. The molecule has 186 valence electrons. The van der Waals surface area contributed by atoms with Gasteiger partial charge in [-0.1, -0.05) is 30.3 Å². The second kappa shape index (κ2) is 10.1. The molecule has 0 aliphatic carbocycles. The normalized spacial score (nSPS) is 15.5. The molecule has 36 heavy (non-hydrogen) atoms. The lowest BCUT2D eigenvalue weighted by molar-refractivity contribution is -0.131. The Hall–Kier alpha value is -3.72. The molecule has 0 unspecified atom stereocenters. The van der Waals surface area contributed by atoms with Crippen LogP contribution in [0.4, 0.5) is 8.78 Å². The SMILES string of the molecule is CN(C(=O)Cc1ccc(Cc2nc(-c3c(F)cccc3F)nc3c2C(=O)NC3)cc1)C1CCNCC1. The van der Waals surface area contributed by atoms with E-state index in [0.29, 0.717) is 23.4 Å². The molecule has 1 fully saturated rings. The molecule has 1 saturated heterocycles. The predicted octanol–water partition coefficient (Wildman–Crippen LogP) is 3.01. The van der Waals surface area contributed by atoms with Crippen molar-refractivity contribution in [3.8, 4) is 11.4 Å². The van der Waals surface area contributed by atoms with Crippen LogP contribution in [0.2, 0.25) is 0 Å². The maximum absolute atomic E-state index is 14.4. The van der Waals surface area contributed by atoms with Crippen LogP contribution in [0.1, 0.15) is 45.7 Å². The lowest BCUT2D eigenvalue weighted by atomic mass is 10.0. The third-order valence-corrected chi connectivity index (χ3v) is 6.89. The van der Waals surface area contributed by atoms with E-state index in [-0.39, 0.29) is 42.2 Å². The van der Waals surface area contributed by atoms with E-state index >= 15 is 0 Å². The Morgan fingerprint density at radius 3 is 2.36 bits per heavy atom. The minimum absolute atomic E-state index is 0.0801. The van der Waals surface area contributed by atoms with Gasteiger partial charge in [-0.25, -0.2) is 18.7 Å². The van der Waals surface area contributed by atoms with Crippen molar-refractivity contribution in [1.29, 1.82) is 0 Å². The molecule has 2 aliphatic heterocycles.